The number of hydrogen-bond acceptors (Lipinski definition) is 5. The van der Waals surface area contributed by atoms with Crippen LogP contribution in [0.25, 0.3) is 11.3 Å². The zero-order valence-electron chi connectivity index (χ0n) is 14.2. The molecular weight excluding hydrogens is 412 g/mol. The number of pyridine rings is 2. The number of benzene rings is 1. The summed E-state index contributed by atoms with van der Waals surface area (Å²) in [6, 6.07) is 8.56. The number of nitrogens with zero attached hydrogens (tertiary/aromatic N) is 4. The van der Waals surface area contributed by atoms with Crippen LogP contribution in [0.5, 0.6) is 5.75 Å². The summed E-state index contributed by atoms with van der Waals surface area (Å²) >= 11 is 5.69. The third-order valence-electron chi connectivity index (χ3n) is 3.75. The average molecular weight is 421 g/mol. The van der Waals surface area contributed by atoms with Gasteiger partial charge in [-0.1, -0.05) is 11.6 Å². The van der Waals surface area contributed by atoms with Gasteiger partial charge in [-0.05, 0) is 36.4 Å². The lowest BCUT2D eigenvalue weighted by molar-refractivity contribution is -0.141. The van der Waals surface area contributed by atoms with E-state index in [1.54, 1.807) is 6.07 Å². The SMILES string of the molecule is N#CC(=Nc1ccc(F)c(Cl)c1)c1ccnc(-c2ccnc(C(F)(F)F)c2)c1O. The summed E-state index contributed by atoms with van der Waals surface area (Å²) in [6.45, 7) is 0. The molecule has 1 aromatic carbocycles. The van der Waals surface area contributed by atoms with E-state index in [0.29, 0.717) is 0 Å². The maximum absolute atomic E-state index is 13.3. The Bertz CT molecular complexity index is 1160. The van der Waals surface area contributed by atoms with Gasteiger partial charge in [0.05, 0.1) is 16.3 Å². The second kappa shape index (κ2) is 7.85. The molecule has 0 aliphatic heterocycles. The van der Waals surface area contributed by atoms with Gasteiger partial charge in [0.1, 0.15) is 23.3 Å². The number of rotatable bonds is 3. The number of hydrogen-bond donors (Lipinski definition) is 1. The van der Waals surface area contributed by atoms with Gasteiger partial charge in [-0.3, -0.25) is 9.97 Å². The van der Waals surface area contributed by atoms with Crippen molar-refractivity contribution in [3.63, 3.8) is 0 Å². The molecule has 2 heterocycles. The number of aromatic nitrogens is 2. The van der Waals surface area contributed by atoms with E-state index in [0.717, 1.165) is 18.3 Å². The first-order chi connectivity index (χ1) is 13.7. The van der Waals surface area contributed by atoms with Gasteiger partial charge >= 0.3 is 6.18 Å². The highest BCUT2D eigenvalue weighted by atomic mass is 35.5. The monoisotopic (exact) mass is 420 g/mol. The van der Waals surface area contributed by atoms with Crippen LogP contribution in [-0.2, 0) is 6.18 Å². The third kappa shape index (κ3) is 4.33. The standard InChI is InChI=1S/C19H9ClF4N4O/c20-13-8-11(1-2-14(13)21)28-15(9-25)12-4-6-27-17(18(12)29)10-3-5-26-16(7-10)19(22,23)24/h1-8,29H. The Kier molecular flexibility index (Phi) is 5.48. The van der Waals surface area contributed by atoms with Gasteiger partial charge in [0, 0.05) is 18.0 Å². The molecule has 5 nitrogen and oxygen atoms in total. The molecule has 0 fully saturated rings. The lowest BCUT2D eigenvalue weighted by atomic mass is 10.0. The Hall–Kier alpha value is -3.51. The molecule has 0 saturated heterocycles. The normalized spacial score (nSPS) is 11.9. The largest absolute Gasteiger partial charge is 0.505 e. The van der Waals surface area contributed by atoms with Gasteiger partial charge in [-0.2, -0.15) is 18.4 Å². The van der Waals surface area contributed by atoms with Gasteiger partial charge in [0.25, 0.3) is 0 Å². The van der Waals surface area contributed by atoms with E-state index in [1.807, 2.05) is 0 Å². The average Bonchev–Trinajstić information content (AvgIpc) is 2.69. The van der Waals surface area contributed by atoms with E-state index in [2.05, 4.69) is 15.0 Å². The van der Waals surface area contributed by atoms with Crippen LogP contribution in [0.1, 0.15) is 11.3 Å². The number of alkyl halides is 3. The van der Waals surface area contributed by atoms with E-state index in [9.17, 15) is 27.9 Å². The van der Waals surface area contributed by atoms with Crippen LogP contribution in [0.3, 0.4) is 0 Å². The highest BCUT2D eigenvalue weighted by Crippen LogP contribution is 2.34. The third-order valence-corrected chi connectivity index (χ3v) is 4.04. The maximum atomic E-state index is 13.3. The molecule has 10 heteroatoms. The first-order valence-electron chi connectivity index (χ1n) is 7.86. The van der Waals surface area contributed by atoms with Gasteiger partial charge in [0.2, 0.25) is 0 Å². The van der Waals surface area contributed by atoms with Gasteiger partial charge in [-0.15, -0.1) is 0 Å². The van der Waals surface area contributed by atoms with Gasteiger partial charge in [-0.25, -0.2) is 9.38 Å². The number of aliphatic imine (C=N–C) groups is 1. The smallest absolute Gasteiger partial charge is 0.433 e. The molecule has 0 spiro atoms. The highest BCUT2D eigenvalue weighted by Gasteiger charge is 2.33. The first-order valence-corrected chi connectivity index (χ1v) is 8.24. The molecule has 1 N–H and O–H groups in total. The summed E-state index contributed by atoms with van der Waals surface area (Å²) < 4.78 is 52.0. The maximum Gasteiger partial charge on any atom is 0.433 e. The molecule has 3 aromatic rings. The Morgan fingerprint density at radius 1 is 1.10 bits per heavy atom. The van der Waals surface area contributed by atoms with E-state index in [1.165, 1.54) is 30.5 Å². The fourth-order valence-corrected chi connectivity index (χ4v) is 2.59. The Labute approximate surface area is 166 Å². The first kappa shape index (κ1) is 20.2. The molecule has 0 aliphatic rings. The Morgan fingerprint density at radius 3 is 2.48 bits per heavy atom. The topological polar surface area (TPSA) is 82.2 Å². The van der Waals surface area contributed by atoms with Crippen molar-refractivity contribution in [3.8, 4) is 23.1 Å². The van der Waals surface area contributed by atoms with Crippen LogP contribution < -0.4 is 0 Å². The fraction of sp³-hybridized carbons (Fsp3) is 0.0526. The molecule has 0 saturated carbocycles. The summed E-state index contributed by atoms with van der Waals surface area (Å²) in [5, 5.41) is 19.7. The minimum Gasteiger partial charge on any atom is -0.505 e. The van der Waals surface area contributed by atoms with Crippen LogP contribution in [0.2, 0.25) is 5.02 Å². The fourth-order valence-electron chi connectivity index (χ4n) is 2.42. The summed E-state index contributed by atoms with van der Waals surface area (Å²) in [5.41, 5.74) is -1.57. The molecule has 0 bridgehead atoms. The number of aromatic hydroxyl groups is 1. The van der Waals surface area contributed by atoms with Crippen molar-refractivity contribution < 1.29 is 22.7 Å². The zero-order valence-corrected chi connectivity index (χ0v) is 15.0. The Balaban J connectivity index is 2.09. The molecule has 0 radical (unpaired) electrons. The predicted molar refractivity (Wildman–Crippen MR) is 97.4 cm³/mol. The summed E-state index contributed by atoms with van der Waals surface area (Å²) in [5.74, 6) is -1.21. The second-order valence-electron chi connectivity index (χ2n) is 5.65. The van der Waals surface area contributed by atoms with Crippen molar-refractivity contribution in [2.75, 3.05) is 0 Å². The van der Waals surface area contributed by atoms with Gasteiger partial charge in [0.15, 0.2) is 11.5 Å². The van der Waals surface area contributed by atoms with Crippen molar-refractivity contribution in [1.29, 1.82) is 5.26 Å². The van der Waals surface area contributed by atoms with E-state index < -0.39 is 23.4 Å². The van der Waals surface area contributed by atoms with Crippen LogP contribution >= 0.6 is 11.6 Å². The molecule has 0 atom stereocenters. The molecule has 0 aliphatic carbocycles. The second-order valence-corrected chi connectivity index (χ2v) is 6.06. The quantitative estimate of drug-likeness (QED) is 0.460. The van der Waals surface area contributed by atoms with Gasteiger partial charge < -0.3 is 5.11 Å². The van der Waals surface area contributed by atoms with Crippen LogP contribution in [0.15, 0.2) is 53.8 Å². The van der Waals surface area contributed by atoms with Crippen molar-refractivity contribution in [1.82, 2.24) is 9.97 Å². The van der Waals surface area contributed by atoms with Crippen molar-refractivity contribution in [2.45, 2.75) is 6.18 Å². The minimum atomic E-state index is -4.68. The van der Waals surface area contributed by atoms with Crippen LogP contribution in [-0.4, -0.2) is 20.8 Å². The lowest BCUT2D eigenvalue weighted by Gasteiger charge is -2.10. The van der Waals surface area contributed by atoms with E-state index >= 15 is 0 Å². The molecule has 0 unspecified atom stereocenters. The van der Waals surface area contributed by atoms with Crippen molar-refractivity contribution >= 4 is 23.0 Å². The van der Waals surface area contributed by atoms with Crippen molar-refractivity contribution in [2.24, 2.45) is 4.99 Å². The molecule has 3 rings (SSSR count). The predicted octanol–water partition coefficient (Wildman–Crippen LogP) is 5.30. The molecule has 29 heavy (non-hydrogen) atoms. The highest BCUT2D eigenvalue weighted by molar-refractivity contribution is 6.31. The number of halogens is 5. The zero-order chi connectivity index (χ0) is 21.2. The molecule has 0 amide bonds. The summed E-state index contributed by atoms with van der Waals surface area (Å²) in [6.07, 6.45) is -2.53. The lowest BCUT2D eigenvalue weighted by Crippen LogP contribution is -2.07. The molecular formula is C19H9ClF4N4O. The van der Waals surface area contributed by atoms with E-state index in [-0.39, 0.29) is 33.2 Å². The summed E-state index contributed by atoms with van der Waals surface area (Å²) in [4.78, 5) is 11.2. The number of nitriles is 1. The minimum absolute atomic E-state index is 0.0474. The Morgan fingerprint density at radius 2 is 1.83 bits per heavy atom. The molecule has 2 aromatic heterocycles. The van der Waals surface area contributed by atoms with Crippen LogP contribution in [0, 0.1) is 17.1 Å². The van der Waals surface area contributed by atoms with Crippen LogP contribution in [0.4, 0.5) is 23.2 Å². The summed E-state index contributed by atoms with van der Waals surface area (Å²) in [7, 11) is 0. The van der Waals surface area contributed by atoms with Crippen molar-refractivity contribution in [3.05, 3.63) is 70.9 Å². The van der Waals surface area contributed by atoms with E-state index in [4.69, 9.17) is 11.6 Å². The molecule has 146 valence electrons.